The van der Waals surface area contributed by atoms with Crippen LogP contribution in [0.2, 0.25) is 5.02 Å². The molecule has 1 amide bonds. The minimum atomic E-state index is -4.63. The third-order valence-corrected chi connectivity index (χ3v) is 6.79. The zero-order valence-corrected chi connectivity index (χ0v) is 19.5. The molecule has 10 heteroatoms. The molecule has 0 fully saturated rings. The molecule has 0 aliphatic heterocycles. The summed E-state index contributed by atoms with van der Waals surface area (Å²) in [6.45, 7) is 0.259. The van der Waals surface area contributed by atoms with Crippen LogP contribution in [-0.4, -0.2) is 20.9 Å². The maximum atomic E-state index is 13.0. The number of nitrogens with one attached hydrogen (secondary N) is 2. The van der Waals surface area contributed by atoms with Gasteiger partial charge < -0.3 is 5.32 Å². The summed E-state index contributed by atoms with van der Waals surface area (Å²) in [4.78, 5) is 12.3. The molecule has 180 valence electrons. The highest BCUT2D eigenvalue weighted by Crippen LogP contribution is 2.36. The molecule has 34 heavy (non-hydrogen) atoms. The molecule has 3 rings (SSSR count). The van der Waals surface area contributed by atoms with Crippen molar-refractivity contribution in [3.05, 3.63) is 94.5 Å². The lowest BCUT2D eigenvalue weighted by Gasteiger charge is -2.12. The van der Waals surface area contributed by atoms with E-state index in [1.807, 2.05) is 30.3 Å². The second-order valence-electron chi connectivity index (χ2n) is 7.52. The fraction of sp³-hybridized carbons (Fsp3) is 0.208. The number of carbonyl (C=O) groups is 1. The van der Waals surface area contributed by atoms with Gasteiger partial charge in [0.15, 0.2) is 0 Å². The number of amides is 1. The van der Waals surface area contributed by atoms with Gasteiger partial charge in [0.1, 0.15) is 0 Å². The summed E-state index contributed by atoms with van der Waals surface area (Å²) in [5.74, 6) is -0.477. The van der Waals surface area contributed by atoms with Crippen LogP contribution in [0, 0.1) is 0 Å². The number of carbonyl (C=O) groups excluding carboxylic acids is 1. The van der Waals surface area contributed by atoms with Crippen molar-refractivity contribution in [1.82, 2.24) is 4.72 Å². The van der Waals surface area contributed by atoms with Crippen LogP contribution < -0.4 is 10.0 Å². The second-order valence-corrected chi connectivity index (χ2v) is 9.69. The van der Waals surface area contributed by atoms with Gasteiger partial charge in [-0.25, -0.2) is 13.1 Å². The van der Waals surface area contributed by atoms with Gasteiger partial charge in [-0.15, -0.1) is 0 Å². The van der Waals surface area contributed by atoms with E-state index in [9.17, 15) is 26.4 Å². The summed E-state index contributed by atoms with van der Waals surface area (Å²) in [6, 6.07) is 18.8. The van der Waals surface area contributed by atoms with Crippen molar-refractivity contribution in [1.29, 1.82) is 0 Å². The van der Waals surface area contributed by atoms with Gasteiger partial charge in [-0.2, -0.15) is 13.2 Å². The van der Waals surface area contributed by atoms with Crippen molar-refractivity contribution in [2.24, 2.45) is 0 Å². The molecular formula is C24H22ClF3N2O3S. The van der Waals surface area contributed by atoms with E-state index in [-0.39, 0.29) is 30.0 Å². The first-order chi connectivity index (χ1) is 16.0. The van der Waals surface area contributed by atoms with Crippen molar-refractivity contribution in [2.45, 2.75) is 30.3 Å². The lowest BCUT2D eigenvalue weighted by atomic mass is 10.1. The molecule has 0 saturated heterocycles. The molecule has 2 N–H and O–H groups in total. The number of hydrogen-bond acceptors (Lipinski definition) is 3. The molecule has 0 spiro atoms. The molecule has 5 nitrogen and oxygen atoms in total. The number of benzene rings is 3. The summed E-state index contributed by atoms with van der Waals surface area (Å²) in [6.07, 6.45) is -3.78. The molecular weight excluding hydrogens is 489 g/mol. The predicted molar refractivity (Wildman–Crippen MR) is 125 cm³/mol. The summed E-state index contributed by atoms with van der Waals surface area (Å²) < 4.78 is 66.3. The molecule has 0 unspecified atom stereocenters. The van der Waals surface area contributed by atoms with Gasteiger partial charge in [-0.05, 0) is 54.3 Å². The average Bonchev–Trinajstić information content (AvgIpc) is 2.79. The summed E-state index contributed by atoms with van der Waals surface area (Å²) in [5, 5.41) is 1.97. The fourth-order valence-electron chi connectivity index (χ4n) is 3.19. The van der Waals surface area contributed by atoms with Gasteiger partial charge in [0.2, 0.25) is 15.9 Å². The molecule has 3 aromatic rings. The monoisotopic (exact) mass is 510 g/mol. The van der Waals surface area contributed by atoms with Crippen molar-refractivity contribution in [3.8, 4) is 0 Å². The van der Waals surface area contributed by atoms with Gasteiger partial charge in [0, 0.05) is 18.7 Å². The molecule has 0 radical (unpaired) electrons. The number of alkyl halides is 3. The molecule has 0 aliphatic rings. The van der Waals surface area contributed by atoms with Gasteiger partial charge in [-0.3, -0.25) is 4.79 Å². The minimum absolute atomic E-state index is 0.00536. The summed E-state index contributed by atoms with van der Waals surface area (Å²) in [7, 11) is -3.67. The van der Waals surface area contributed by atoms with Crippen LogP contribution in [0.3, 0.4) is 0 Å². The van der Waals surface area contributed by atoms with Crippen LogP contribution in [-0.2, 0) is 33.8 Å². The fourth-order valence-corrected chi connectivity index (χ4v) is 4.45. The van der Waals surface area contributed by atoms with E-state index < -0.39 is 32.7 Å². The Labute approximate surface area is 201 Å². The van der Waals surface area contributed by atoms with Crippen LogP contribution >= 0.6 is 11.6 Å². The minimum Gasteiger partial charge on any atom is -0.326 e. The predicted octanol–water partition coefficient (Wildman–Crippen LogP) is 5.45. The van der Waals surface area contributed by atoms with Gasteiger partial charge in [0.25, 0.3) is 0 Å². The van der Waals surface area contributed by atoms with E-state index in [0.717, 1.165) is 17.7 Å². The average molecular weight is 511 g/mol. The normalized spacial score (nSPS) is 11.9. The first-order valence-electron chi connectivity index (χ1n) is 10.3. The first kappa shape index (κ1) is 25.7. The van der Waals surface area contributed by atoms with E-state index in [4.69, 9.17) is 11.6 Å². The molecule has 0 aliphatic carbocycles. The number of halogens is 4. The SMILES string of the molecule is O=C(CCc1ccc(S(=O)(=O)NCCc2ccccc2)cc1)Nc1ccc(Cl)c(C(F)(F)F)c1. The first-order valence-corrected chi connectivity index (χ1v) is 12.2. The highest BCUT2D eigenvalue weighted by Gasteiger charge is 2.33. The third-order valence-electron chi connectivity index (χ3n) is 4.98. The Bertz CT molecular complexity index is 1230. The van der Waals surface area contributed by atoms with Gasteiger partial charge in [0.05, 0.1) is 15.5 Å². The van der Waals surface area contributed by atoms with Crippen LogP contribution in [0.15, 0.2) is 77.7 Å². The number of aryl methyl sites for hydroxylation is 1. The Morgan fingerprint density at radius 2 is 1.53 bits per heavy atom. The quantitative estimate of drug-likeness (QED) is 0.402. The molecule has 0 atom stereocenters. The van der Waals surface area contributed by atoms with E-state index in [1.165, 1.54) is 18.2 Å². The van der Waals surface area contributed by atoms with E-state index in [2.05, 4.69) is 10.0 Å². The summed E-state index contributed by atoms with van der Waals surface area (Å²) >= 11 is 5.58. The number of hydrogen-bond donors (Lipinski definition) is 2. The number of anilines is 1. The molecule has 0 bridgehead atoms. The molecule has 0 heterocycles. The van der Waals surface area contributed by atoms with Crippen molar-refractivity contribution in [2.75, 3.05) is 11.9 Å². The largest absolute Gasteiger partial charge is 0.417 e. The smallest absolute Gasteiger partial charge is 0.326 e. The molecule has 0 aromatic heterocycles. The lowest BCUT2D eigenvalue weighted by molar-refractivity contribution is -0.137. The highest BCUT2D eigenvalue weighted by atomic mass is 35.5. The Morgan fingerprint density at radius 1 is 0.882 bits per heavy atom. The van der Waals surface area contributed by atoms with Crippen molar-refractivity contribution >= 4 is 33.2 Å². The lowest BCUT2D eigenvalue weighted by Crippen LogP contribution is -2.26. The Balaban J connectivity index is 1.52. The van der Waals surface area contributed by atoms with Crippen molar-refractivity contribution < 1.29 is 26.4 Å². The van der Waals surface area contributed by atoms with Gasteiger partial charge in [-0.1, -0.05) is 54.1 Å². The highest BCUT2D eigenvalue weighted by molar-refractivity contribution is 7.89. The van der Waals surface area contributed by atoms with Crippen LogP contribution in [0.1, 0.15) is 23.1 Å². The summed E-state index contributed by atoms with van der Waals surface area (Å²) in [5.41, 5.74) is 0.698. The van der Waals surface area contributed by atoms with E-state index in [0.29, 0.717) is 12.0 Å². The number of sulfonamides is 1. The zero-order chi connectivity index (χ0) is 24.8. The molecule has 0 saturated carbocycles. The zero-order valence-electron chi connectivity index (χ0n) is 17.9. The van der Waals surface area contributed by atoms with Gasteiger partial charge >= 0.3 is 6.18 Å². The van der Waals surface area contributed by atoms with E-state index >= 15 is 0 Å². The van der Waals surface area contributed by atoms with Crippen LogP contribution in [0.4, 0.5) is 18.9 Å². The topological polar surface area (TPSA) is 75.3 Å². The van der Waals surface area contributed by atoms with Crippen LogP contribution in [0.5, 0.6) is 0 Å². The van der Waals surface area contributed by atoms with Crippen LogP contribution in [0.25, 0.3) is 0 Å². The molecule has 3 aromatic carbocycles. The van der Waals surface area contributed by atoms with Crippen molar-refractivity contribution in [3.63, 3.8) is 0 Å². The Hall–Kier alpha value is -2.88. The van der Waals surface area contributed by atoms with E-state index in [1.54, 1.807) is 12.1 Å². The maximum absolute atomic E-state index is 13.0. The second kappa shape index (κ2) is 11.0. The Morgan fingerprint density at radius 3 is 2.18 bits per heavy atom. The maximum Gasteiger partial charge on any atom is 0.417 e. The number of rotatable bonds is 9. The standard InChI is InChI=1S/C24H22ClF3N2O3S/c25-22-12-9-19(16-21(22)24(26,27)28)30-23(31)13-8-18-6-10-20(11-7-18)34(32,33)29-15-14-17-4-2-1-3-5-17/h1-7,9-12,16,29H,8,13-15H2,(H,30,31). The Kier molecular flexibility index (Phi) is 8.35. The third kappa shape index (κ3) is 7.31.